The minimum atomic E-state index is -0.291. The highest BCUT2D eigenvalue weighted by atomic mass is 32.1. The molecule has 4 aromatic rings. The van der Waals surface area contributed by atoms with Gasteiger partial charge in [-0.3, -0.25) is 14.0 Å². The topological polar surface area (TPSA) is 73.6 Å². The number of thiazole rings is 2. The van der Waals surface area contributed by atoms with Gasteiger partial charge in [-0.15, -0.1) is 22.7 Å². The molecular weight excluding hydrogens is 382 g/mol. The molecule has 6 nitrogen and oxygen atoms in total. The maximum absolute atomic E-state index is 12.1. The average Bonchev–Trinajstić information content (AvgIpc) is 3.23. The minimum absolute atomic E-state index is 0.0165. The molecule has 0 N–H and O–H groups in total. The van der Waals surface area contributed by atoms with Gasteiger partial charge in [-0.1, -0.05) is 12.1 Å². The van der Waals surface area contributed by atoms with Crippen LogP contribution >= 0.6 is 22.7 Å². The number of nitrogens with zero attached hydrogens (tertiary/aromatic N) is 3. The van der Waals surface area contributed by atoms with Crippen LogP contribution in [0.4, 0.5) is 0 Å². The number of aromatic nitrogens is 3. The first kappa shape index (κ1) is 17.8. The van der Waals surface area contributed by atoms with E-state index in [1.54, 1.807) is 15.7 Å². The zero-order chi connectivity index (χ0) is 18.8. The fraction of sp³-hybridized carbons (Fsp3) is 0.263. The molecule has 3 aromatic heterocycles. The van der Waals surface area contributed by atoms with Crippen LogP contribution < -0.4 is 5.56 Å². The number of carbonyl (C=O) groups is 1. The Kier molecular flexibility index (Phi) is 5.00. The van der Waals surface area contributed by atoms with E-state index in [0.717, 1.165) is 27.3 Å². The Hall–Kier alpha value is -2.58. The molecule has 1 aromatic carbocycles. The summed E-state index contributed by atoms with van der Waals surface area (Å²) in [5.41, 5.74) is 2.17. The van der Waals surface area contributed by atoms with E-state index in [1.807, 2.05) is 36.6 Å². The Labute approximate surface area is 163 Å². The lowest BCUT2D eigenvalue weighted by Crippen LogP contribution is -2.16. The summed E-state index contributed by atoms with van der Waals surface area (Å²) in [6.07, 6.45) is 1.74. The van der Waals surface area contributed by atoms with Crippen molar-refractivity contribution in [1.29, 1.82) is 0 Å². The first-order valence-electron chi connectivity index (χ1n) is 8.57. The lowest BCUT2D eigenvalue weighted by molar-refractivity contribution is -0.145. The SMILES string of the molecule is Cc1csc2nc(COC(=O)CCCc3nc4ccccc4s3)cc(=O)n12. The number of hydrogen-bond acceptors (Lipinski definition) is 7. The van der Waals surface area contributed by atoms with Gasteiger partial charge in [-0.25, -0.2) is 9.97 Å². The van der Waals surface area contributed by atoms with Crippen LogP contribution in [0.5, 0.6) is 0 Å². The number of benzene rings is 1. The van der Waals surface area contributed by atoms with Gasteiger partial charge in [-0.05, 0) is 31.9 Å². The summed E-state index contributed by atoms with van der Waals surface area (Å²) < 4.78 is 7.98. The molecule has 3 heterocycles. The van der Waals surface area contributed by atoms with Crippen LogP contribution in [-0.4, -0.2) is 20.3 Å². The van der Waals surface area contributed by atoms with E-state index >= 15 is 0 Å². The molecule has 8 heteroatoms. The van der Waals surface area contributed by atoms with Gasteiger partial charge in [0.05, 0.1) is 20.9 Å². The van der Waals surface area contributed by atoms with Crippen LogP contribution in [0.25, 0.3) is 15.2 Å². The Balaban J connectivity index is 1.30. The van der Waals surface area contributed by atoms with Gasteiger partial charge in [0.25, 0.3) is 5.56 Å². The van der Waals surface area contributed by atoms with Crippen molar-refractivity contribution in [2.45, 2.75) is 32.8 Å². The molecular formula is C19H17N3O3S2. The third-order valence-electron chi connectivity index (χ3n) is 4.12. The summed E-state index contributed by atoms with van der Waals surface area (Å²) in [7, 11) is 0. The zero-order valence-electron chi connectivity index (χ0n) is 14.7. The van der Waals surface area contributed by atoms with Gasteiger partial charge in [-0.2, -0.15) is 0 Å². The van der Waals surface area contributed by atoms with Crippen LogP contribution in [0.15, 0.2) is 40.5 Å². The maximum atomic E-state index is 12.1. The molecule has 0 atom stereocenters. The van der Waals surface area contributed by atoms with Crippen molar-refractivity contribution < 1.29 is 9.53 Å². The van der Waals surface area contributed by atoms with Crippen LogP contribution in [-0.2, 0) is 22.6 Å². The van der Waals surface area contributed by atoms with Crippen molar-refractivity contribution in [1.82, 2.24) is 14.4 Å². The molecule has 0 unspecified atom stereocenters. The Morgan fingerprint density at radius 2 is 2.11 bits per heavy atom. The summed E-state index contributed by atoms with van der Waals surface area (Å²) >= 11 is 3.05. The number of aryl methyl sites for hydroxylation is 2. The maximum Gasteiger partial charge on any atom is 0.306 e. The number of hydrogen-bond donors (Lipinski definition) is 0. The first-order chi connectivity index (χ1) is 13.1. The van der Waals surface area contributed by atoms with Crippen LogP contribution in [0.2, 0.25) is 0 Å². The molecule has 0 saturated heterocycles. The highest BCUT2D eigenvalue weighted by Gasteiger charge is 2.10. The van der Waals surface area contributed by atoms with Crippen LogP contribution in [0.1, 0.15) is 29.2 Å². The predicted octanol–water partition coefficient (Wildman–Crippen LogP) is 3.74. The molecule has 138 valence electrons. The van der Waals surface area contributed by atoms with E-state index in [1.165, 1.54) is 17.4 Å². The number of carbonyl (C=O) groups excluding carboxylic acids is 1. The summed E-state index contributed by atoms with van der Waals surface area (Å²) in [6.45, 7) is 1.88. The quantitative estimate of drug-likeness (QED) is 0.462. The lowest BCUT2D eigenvalue weighted by Gasteiger charge is -2.04. The number of ether oxygens (including phenoxy) is 1. The third kappa shape index (κ3) is 3.91. The third-order valence-corrected chi connectivity index (χ3v) is 6.16. The molecule has 0 aliphatic carbocycles. The molecule has 0 aliphatic rings. The Bertz CT molecular complexity index is 1140. The molecule has 0 bridgehead atoms. The minimum Gasteiger partial charge on any atom is -0.459 e. The monoisotopic (exact) mass is 399 g/mol. The van der Waals surface area contributed by atoms with E-state index in [2.05, 4.69) is 9.97 Å². The fourth-order valence-electron chi connectivity index (χ4n) is 2.81. The van der Waals surface area contributed by atoms with E-state index < -0.39 is 0 Å². The van der Waals surface area contributed by atoms with Crippen molar-refractivity contribution in [3.8, 4) is 0 Å². The highest BCUT2D eigenvalue weighted by molar-refractivity contribution is 7.18. The van der Waals surface area contributed by atoms with E-state index in [9.17, 15) is 9.59 Å². The molecule has 0 radical (unpaired) electrons. The second kappa shape index (κ2) is 7.58. The smallest absolute Gasteiger partial charge is 0.306 e. The van der Waals surface area contributed by atoms with Gasteiger partial charge >= 0.3 is 5.97 Å². The Morgan fingerprint density at radius 3 is 2.96 bits per heavy atom. The van der Waals surface area contributed by atoms with Gasteiger partial charge in [0.2, 0.25) is 0 Å². The second-order valence-corrected chi connectivity index (χ2v) is 8.12. The van der Waals surface area contributed by atoms with Gasteiger partial charge in [0.1, 0.15) is 6.61 Å². The van der Waals surface area contributed by atoms with Gasteiger partial charge < -0.3 is 4.74 Å². The second-order valence-electron chi connectivity index (χ2n) is 6.17. The molecule has 27 heavy (non-hydrogen) atoms. The van der Waals surface area contributed by atoms with Crippen molar-refractivity contribution in [2.75, 3.05) is 0 Å². The summed E-state index contributed by atoms with van der Waals surface area (Å²) in [5.74, 6) is -0.291. The molecule has 0 saturated carbocycles. The van der Waals surface area contributed by atoms with Crippen molar-refractivity contribution in [2.24, 2.45) is 0 Å². The summed E-state index contributed by atoms with van der Waals surface area (Å²) in [5, 5.41) is 2.90. The first-order valence-corrected chi connectivity index (χ1v) is 10.3. The van der Waals surface area contributed by atoms with E-state index in [4.69, 9.17) is 4.74 Å². The number of para-hydroxylation sites is 1. The van der Waals surface area contributed by atoms with Crippen molar-refractivity contribution >= 4 is 43.8 Å². The normalized spacial score (nSPS) is 11.3. The number of esters is 1. The fourth-order valence-corrected chi connectivity index (χ4v) is 4.71. The predicted molar refractivity (Wildman–Crippen MR) is 106 cm³/mol. The molecule has 4 rings (SSSR count). The average molecular weight is 399 g/mol. The zero-order valence-corrected chi connectivity index (χ0v) is 16.3. The highest BCUT2D eigenvalue weighted by Crippen LogP contribution is 2.22. The van der Waals surface area contributed by atoms with Gasteiger partial charge in [0.15, 0.2) is 4.96 Å². The number of fused-ring (bicyclic) bond motifs is 2. The summed E-state index contributed by atoms with van der Waals surface area (Å²) in [6, 6.07) is 9.42. The van der Waals surface area contributed by atoms with E-state index in [0.29, 0.717) is 23.5 Å². The van der Waals surface area contributed by atoms with Crippen LogP contribution in [0, 0.1) is 6.92 Å². The molecule has 0 amide bonds. The van der Waals surface area contributed by atoms with E-state index in [-0.39, 0.29) is 18.1 Å². The Morgan fingerprint density at radius 1 is 1.26 bits per heavy atom. The van der Waals surface area contributed by atoms with Crippen LogP contribution in [0.3, 0.4) is 0 Å². The molecule has 0 spiro atoms. The molecule has 0 aliphatic heterocycles. The van der Waals surface area contributed by atoms with Gasteiger partial charge in [0, 0.05) is 23.6 Å². The molecule has 0 fully saturated rings. The van der Waals surface area contributed by atoms with Crippen molar-refractivity contribution in [3.63, 3.8) is 0 Å². The van der Waals surface area contributed by atoms with Crippen molar-refractivity contribution in [3.05, 3.63) is 62.5 Å². The lowest BCUT2D eigenvalue weighted by atomic mass is 10.2. The standard InChI is InChI=1S/C19H17N3O3S2/c1-12-11-26-19-20-13(9-17(23)22(12)19)10-25-18(24)8-4-7-16-21-14-5-2-3-6-15(14)27-16/h2-3,5-6,9,11H,4,7-8,10H2,1H3. The largest absolute Gasteiger partial charge is 0.459 e. The summed E-state index contributed by atoms with van der Waals surface area (Å²) in [4.78, 5) is 33.7. The number of rotatable bonds is 6.